The Bertz CT molecular complexity index is 691. The molecule has 0 aliphatic carbocycles. The summed E-state index contributed by atoms with van der Waals surface area (Å²) in [6.07, 6.45) is 3.93. The molecule has 0 saturated carbocycles. The molecule has 0 bridgehead atoms. The van der Waals surface area contributed by atoms with Crippen LogP contribution in [0, 0.1) is 10.1 Å². The molecule has 1 aliphatic heterocycles. The number of hydrogen-bond donors (Lipinski definition) is 1. The highest BCUT2D eigenvalue weighted by Crippen LogP contribution is 2.25. The van der Waals surface area contributed by atoms with E-state index in [1.54, 1.807) is 6.26 Å². The Labute approximate surface area is 139 Å². The fourth-order valence-corrected chi connectivity index (χ4v) is 2.97. The number of likely N-dealkylation sites (tertiary alicyclic amines) is 1. The van der Waals surface area contributed by atoms with Crippen molar-refractivity contribution in [3.05, 3.63) is 64.1 Å². The van der Waals surface area contributed by atoms with Gasteiger partial charge in [0.15, 0.2) is 0 Å². The summed E-state index contributed by atoms with van der Waals surface area (Å²) in [5.41, 5.74) is 0.372. The number of nitro benzene ring substituents is 1. The standard InChI is InChI=1S/C17H19N3O4/c21-17(13-5-7-14(8-6-13)20(22)23)18-12-15(16-4-3-11-24-16)19-9-1-2-10-19/h3-8,11,15H,1-2,9-10,12H2,(H,18,21)/t15-/m1/s1. The average Bonchev–Trinajstić information content (AvgIpc) is 3.29. The van der Waals surface area contributed by atoms with Gasteiger partial charge in [-0.05, 0) is 50.2 Å². The van der Waals surface area contributed by atoms with Crippen molar-refractivity contribution in [2.24, 2.45) is 0 Å². The number of hydrogen-bond acceptors (Lipinski definition) is 5. The SMILES string of the molecule is O=C(NC[C@H](c1ccco1)N1CCCC1)c1ccc([N+](=O)[O-])cc1. The van der Waals surface area contributed by atoms with Crippen LogP contribution in [-0.4, -0.2) is 35.4 Å². The first-order chi connectivity index (χ1) is 11.6. The minimum absolute atomic E-state index is 0.00417. The molecule has 1 saturated heterocycles. The van der Waals surface area contributed by atoms with Crippen molar-refractivity contribution in [1.29, 1.82) is 0 Å². The summed E-state index contributed by atoms with van der Waals surface area (Å²) in [6, 6.07) is 9.36. The number of carbonyl (C=O) groups excluding carboxylic acids is 1. The van der Waals surface area contributed by atoms with E-state index in [1.165, 1.54) is 24.3 Å². The third kappa shape index (κ3) is 3.62. The van der Waals surface area contributed by atoms with Crippen LogP contribution < -0.4 is 5.32 Å². The Morgan fingerprint density at radius 2 is 1.96 bits per heavy atom. The Morgan fingerprint density at radius 3 is 2.54 bits per heavy atom. The van der Waals surface area contributed by atoms with Gasteiger partial charge in [0.25, 0.3) is 11.6 Å². The maximum Gasteiger partial charge on any atom is 0.269 e. The molecule has 1 N–H and O–H groups in total. The van der Waals surface area contributed by atoms with Gasteiger partial charge in [-0.2, -0.15) is 0 Å². The normalized spacial score (nSPS) is 16.0. The molecular formula is C17H19N3O4. The lowest BCUT2D eigenvalue weighted by atomic mass is 10.1. The summed E-state index contributed by atoms with van der Waals surface area (Å²) in [6.45, 7) is 2.40. The van der Waals surface area contributed by atoms with Crippen molar-refractivity contribution in [2.45, 2.75) is 18.9 Å². The Hall–Kier alpha value is -2.67. The number of nitro groups is 1. The molecular weight excluding hydrogens is 310 g/mol. The van der Waals surface area contributed by atoms with Gasteiger partial charge in [-0.3, -0.25) is 19.8 Å². The van der Waals surface area contributed by atoms with Gasteiger partial charge in [-0.15, -0.1) is 0 Å². The van der Waals surface area contributed by atoms with E-state index in [0.717, 1.165) is 31.7 Å². The van der Waals surface area contributed by atoms with Crippen LogP contribution >= 0.6 is 0 Å². The topological polar surface area (TPSA) is 88.6 Å². The molecule has 126 valence electrons. The van der Waals surface area contributed by atoms with Gasteiger partial charge in [0, 0.05) is 24.2 Å². The molecule has 1 aromatic carbocycles. The van der Waals surface area contributed by atoms with E-state index in [4.69, 9.17) is 4.42 Å². The molecule has 7 nitrogen and oxygen atoms in total. The van der Waals surface area contributed by atoms with Crippen LogP contribution in [0.25, 0.3) is 0 Å². The maximum atomic E-state index is 12.3. The molecule has 1 aromatic heterocycles. The number of benzene rings is 1. The van der Waals surface area contributed by atoms with E-state index >= 15 is 0 Å². The number of non-ortho nitro benzene ring substituents is 1. The van der Waals surface area contributed by atoms with Crippen molar-refractivity contribution in [3.63, 3.8) is 0 Å². The monoisotopic (exact) mass is 329 g/mol. The van der Waals surface area contributed by atoms with Gasteiger partial charge in [0.2, 0.25) is 0 Å². The number of nitrogens with one attached hydrogen (secondary N) is 1. The van der Waals surface area contributed by atoms with Crippen LogP contribution in [0.3, 0.4) is 0 Å². The minimum Gasteiger partial charge on any atom is -0.468 e. The van der Waals surface area contributed by atoms with Gasteiger partial charge in [-0.25, -0.2) is 0 Å². The van der Waals surface area contributed by atoms with Crippen molar-refractivity contribution in [1.82, 2.24) is 10.2 Å². The van der Waals surface area contributed by atoms with Crippen molar-refractivity contribution in [3.8, 4) is 0 Å². The first-order valence-corrected chi connectivity index (χ1v) is 7.95. The van der Waals surface area contributed by atoms with Gasteiger partial charge < -0.3 is 9.73 Å². The second-order valence-electron chi connectivity index (χ2n) is 5.79. The van der Waals surface area contributed by atoms with E-state index in [1.807, 2.05) is 12.1 Å². The molecule has 7 heteroatoms. The molecule has 1 amide bonds. The zero-order chi connectivity index (χ0) is 16.9. The highest BCUT2D eigenvalue weighted by atomic mass is 16.6. The second-order valence-corrected chi connectivity index (χ2v) is 5.79. The average molecular weight is 329 g/mol. The zero-order valence-electron chi connectivity index (χ0n) is 13.2. The summed E-state index contributed by atoms with van der Waals surface area (Å²) in [5.74, 6) is 0.585. The van der Waals surface area contributed by atoms with Crippen LogP contribution in [0.5, 0.6) is 0 Å². The van der Waals surface area contributed by atoms with Crippen molar-refractivity contribution in [2.75, 3.05) is 19.6 Å². The predicted molar refractivity (Wildman–Crippen MR) is 87.7 cm³/mol. The van der Waals surface area contributed by atoms with Crippen molar-refractivity contribution >= 4 is 11.6 Å². The Morgan fingerprint density at radius 1 is 1.25 bits per heavy atom. The van der Waals surface area contributed by atoms with Crippen molar-refractivity contribution < 1.29 is 14.1 Å². The predicted octanol–water partition coefficient (Wildman–Crippen LogP) is 2.75. The van der Waals surface area contributed by atoms with Crippen LogP contribution in [0.15, 0.2) is 47.1 Å². The molecule has 1 aliphatic rings. The van der Waals surface area contributed by atoms with Gasteiger partial charge in [-0.1, -0.05) is 0 Å². The number of nitrogens with zero attached hydrogens (tertiary/aromatic N) is 2. The Kier molecular flexibility index (Phi) is 4.90. The molecule has 0 radical (unpaired) electrons. The van der Waals surface area contributed by atoms with E-state index < -0.39 is 4.92 Å². The van der Waals surface area contributed by atoms with Gasteiger partial charge in [0.1, 0.15) is 5.76 Å². The van der Waals surface area contributed by atoms with Gasteiger partial charge >= 0.3 is 0 Å². The largest absolute Gasteiger partial charge is 0.468 e. The summed E-state index contributed by atoms with van der Waals surface area (Å²) >= 11 is 0. The molecule has 1 atom stereocenters. The van der Waals surface area contributed by atoms with E-state index in [9.17, 15) is 14.9 Å². The molecule has 2 aromatic rings. The summed E-state index contributed by atoms with van der Waals surface area (Å²) < 4.78 is 5.52. The lowest BCUT2D eigenvalue weighted by Gasteiger charge is -2.26. The lowest BCUT2D eigenvalue weighted by molar-refractivity contribution is -0.384. The van der Waals surface area contributed by atoms with Crippen LogP contribution in [-0.2, 0) is 0 Å². The van der Waals surface area contributed by atoms with E-state index in [2.05, 4.69) is 10.2 Å². The fourth-order valence-electron chi connectivity index (χ4n) is 2.97. The number of amides is 1. The highest BCUT2D eigenvalue weighted by Gasteiger charge is 2.26. The summed E-state index contributed by atoms with van der Waals surface area (Å²) in [7, 11) is 0. The number of rotatable bonds is 6. The summed E-state index contributed by atoms with van der Waals surface area (Å²) in [4.78, 5) is 24.8. The van der Waals surface area contributed by atoms with Gasteiger partial charge in [0.05, 0.1) is 17.2 Å². The maximum absolute atomic E-state index is 12.3. The van der Waals surface area contributed by atoms with Crippen LogP contribution in [0.4, 0.5) is 5.69 Å². The van der Waals surface area contributed by atoms with E-state index in [-0.39, 0.29) is 17.6 Å². The third-order valence-electron chi connectivity index (χ3n) is 4.25. The van der Waals surface area contributed by atoms with Crippen LogP contribution in [0.2, 0.25) is 0 Å². The molecule has 3 rings (SSSR count). The zero-order valence-corrected chi connectivity index (χ0v) is 13.2. The first-order valence-electron chi connectivity index (χ1n) is 7.95. The second kappa shape index (κ2) is 7.27. The molecule has 0 unspecified atom stereocenters. The number of furan rings is 1. The molecule has 0 spiro atoms. The summed E-state index contributed by atoms with van der Waals surface area (Å²) in [5, 5.41) is 13.6. The highest BCUT2D eigenvalue weighted by molar-refractivity contribution is 5.94. The molecule has 24 heavy (non-hydrogen) atoms. The third-order valence-corrected chi connectivity index (χ3v) is 4.25. The molecule has 1 fully saturated rings. The fraction of sp³-hybridized carbons (Fsp3) is 0.353. The van der Waals surface area contributed by atoms with E-state index in [0.29, 0.717) is 12.1 Å². The minimum atomic E-state index is -0.484. The smallest absolute Gasteiger partial charge is 0.269 e. The first kappa shape index (κ1) is 16.2. The Balaban J connectivity index is 1.65. The lowest BCUT2D eigenvalue weighted by Crippen LogP contribution is -2.36. The molecule has 2 heterocycles. The quantitative estimate of drug-likeness (QED) is 0.650. The van der Waals surface area contributed by atoms with Crippen LogP contribution in [0.1, 0.15) is 35.0 Å². The number of carbonyl (C=O) groups is 1.